The number of nitrogens with zero attached hydrogens (tertiary/aromatic N) is 1. The van der Waals surface area contributed by atoms with Crippen LogP contribution in [0.25, 0.3) is 0 Å². The third kappa shape index (κ3) is 3.22. The average Bonchev–Trinajstić information content (AvgIpc) is 2.89. The fraction of sp³-hybridized carbons (Fsp3) is 0.417. The molecule has 1 amide bonds. The lowest BCUT2D eigenvalue weighted by molar-refractivity contribution is 0.0690. The Morgan fingerprint density at radius 2 is 2.22 bits per heavy atom. The SMILES string of the molecule is O=C(O)c1cccc(C(=O)NCC2CCCS2)n1. The summed E-state index contributed by atoms with van der Waals surface area (Å²) in [6.07, 6.45) is 2.31. The van der Waals surface area contributed by atoms with Gasteiger partial charge in [0.1, 0.15) is 11.4 Å². The van der Waals surface area contributed by atoms with Crippen molar-refractivity contribution in [1.82, 2.24) is 10.3 Å². The minimum Gasteiger partial charge on any atom is -0.477 e. The monoisotopic (exact) mass is 266 g/mol. The molecule has 96 valence electrons. The van der Waals surface area contributed by atoms with Crippen molar-refractivity contribution in [3.8, 4) is 0 Å². The van der Waals surface area contributed by atoms with Crippen LogP contribution in [-0.2, 0) is 0 Å². The van der Waals surface area contributed by atoms with Crippen LogP contribution in [0.5, 0.6) is 0 Å². The molecule has 0 spiro atoms. The number of carbonyl (C=O) groups excluding carboxylic acids is 1. The largest absolute Gasteiger partial charge is 0.477 e. The Kier molecular flexibility index (Phi) is 4.19. The van der Waals surface area contributed by atoms with Crippen molar-refractivity contribution in [3.63, 3.8) is 0 Å². The smallest absolute Gasteiger partial charge is 0.354 e. The molecule has 1 aromatic rings. The predicted octanol–water partition coefficient (Wildman–Crippen LogP) is 1.41. The maximum atomic E-state index is 11.8. The van der Waals surface area contributed by atoms with Gasteiger partial charge in [0.25, 0.3) is 5.91 Å². The van der Waals surface area contributed by atoms with Crippen LogP contribution in [0.4, 0.5) is 0 Å². The second kappa shape index (κ2) is 5.86. The number of thioether (sulfide) groups is 1. The number of hydrogen-bond donors (Lipinski definition) is 2. The molecule has 1 aliphatic heterocycles. The minimum absolute atomic E-state index is 0.113. The first-order valence-corrected chi connectivity index (χ1v) is 6.82. The van der Waals surface area contributed by atoms with E-state index < -0.39 is 5.97 Å². The van der Waals surface area contributed by atoms with E-state index in [-0.39, 0.29) is 17.3 Å². The molecule has 0 aromatic carbocycles. The number of aromatic nitrogens is 1. The summed E-state index contributed by atoms with van der Waals surface area (Å²) in [7, 11) is 0. The molecule has 18 heavy (non-hydrogen) atoms. The minimum atomic E-state index is -1.13. The van der Waals surface area contributed by atoms with Crippen LogP contribution in [0.2, 0.25) is 0 Å². The van der Waals surface area contributed by atoms with Crippen LogP contribution in [-0.4, -0.2) is 39.5 Å². The molecule has 1 unspecified atom stereocenters. The van der Waals surface area contributed by atoms with Crippen LogP contribution in [0, 0.1) is 0 Å². The molecule has 1 atom stereocenters. The van der Waals surface area contributed by atoms with Crippen molar-refractivity contribution in [2.75, 3.05) is 12.3 Å². The van der Waals surface area contributed by atoms with E-state index in [9.17, 15) is 9.59 Å². The van der Waals surface area contributed by atoms with Gasteiger partial charge in [0.2, 0.25) is 0 Å². The fourth-order valence-corrected chi connectivity index (χ4v) is 2.98. The Bertz CT molecular complexity index is 458. The summed E-state index contributed by atoms with van der Waals surface area (Å²) in [5.41, 5.74) is 0.0378. The number of carbonyl (C=O) groups is 2. The van der Waals surface area contributed by atoms with Gasteiger partial charge < -0.3 is 10.4 Å². The summed E-state index contributed by atoms with van der Waals surface area (Å²) in [6, 6.07) is 4.41. The Balaban J connectivity index is 1.95. The molecule has 1 fully saturated rings. The number of rotatable bonds is 4. The van der Waals surface area contributed by atoms with Crippen molar-refractivity contribution >= 4 is 23.6 Å². The number of amides is 1. The van der Waals surface area contributed by atoms with Gasteiger partial charge in [0.05, 0.1) is 0 Å². The number of carboxylic acid groups (broad SMARTS) is 1. The van der Waals surface area contributed by atoms with Gasteiger partial charge in [-0.05, 0) is 30.7 Å². The Hall–Kier alpha value is -1.56. The van der Waals surface area contributed by atoms with E-state index >= 15 is 0 Å². The van der Waals surface area contributed by atoms with E-state index in [4.69, 9.17) is 5.11 Å². The first-order valence-electron chi connectivity index (χ1n) is 5.77. The maximum Gasteiger partial charge on any atom is 0.354 e. The zero-order chi connectivity index (χ0) is 13.0. The second-order valence-corrected chi connectivity index (χ2v) is 5.47. The summed E-state index contributed by atoms with van der Waals surface area (Å²) in [5, 5.41) is 12.1. The zero-order valence-corrected chi connectivity index (χ0v) is 10.6. The van der Waals surface area contributed by atoms with Crippen molar-refractivity contribution in [3.05, 3.63) is 29.6 Å². The van der Waals surface area contributed by atoms with E-state index in [0.717, 1.165) is 12.2 Å². The van der Waals surface area contributed by atoms with Gasteiger partial charge in [-0.1, -0.05) is 6.07 Å². The predicted molar refractivity (Wildman–Crippen MR) is 69.0 cm³/mol. The van der Waals surface area contributed by atoms with Crippen molar-refractivity contribution in [2.24, 2.45) is 0 Å². The van der Waals surface area contributed by atoms with Crippen LogP contribution < -0.4 is 5.32 Å². The van der Waals surface area contributed by atoms with Gasteiger partial charge in [0, 0.05) is 11.8 Å². The lowest BCUT2D eigenvalue weighted by Crippen LogP contribution is -2.30. The quantitative estimate of drug-likeness (QED) is 0.861. The van der Waals surface area contributed by atoms with E-state index in [1.54, 1.807) is 0 Å². The lowest BCUT2D eigenvalue weighted by atomic mass is 10.2. The van der Waals surface area contributed by atoms with Crippen LogP contribution in [0.15, 0.2) is 18.2 Å². The first kappa shape index (κ1) is 12.9. The van der Waals surface area contributed by atoms with Gasteiger partial charge in [-0.15, -0.1) is 0 Å². The van der Waals surface area contributed by atoms with Crippen molar-refractivity contribution < 1.29 is 14.7 Å². The van der Waals surface area contributed by atoms with Crippen molar-refractivity contribution in [2.45, 2.75) is 18.1 Å². The Morgan fingerprint density at radius 1 is 1.44 bits per heavy atom. The molecule has 0 bridgehead atoms. The van der Waals surface area contributed by atoms with E-state index in [1.807, 2.05) is 11.8 Å². The Labute approximate surface area is 109 Å². The second-order valence-electron chi connectivity index (χ2n) is 4.06. The highest BCUT2D eigenvalue weighted by Crippen LogP contribution is 2.25. The summed E-state index contributed by atoms with van der Waals surface area (Å²) in [5.74, 6) is -0.297. The molecule has 6 heteroatoms. The number of nitrogens with one attached hydrogen (secondary N) is 1. The zero-order valence-electron chi connectivity index (χ0n) is 9.76. The molecule has 1 saturated heterocycles. The summed E-state index contributed by atoms with van der Waals surface area (Å²) < 4.78 is 0. The standard InChI is InChI=1S/C12H14N2O3S/c15-11(13-7-8-3-2-6-18-8)9-4-1-5-10(14-9)12(16)17/h1,4-5,8H,2-3,6-7H2,(H,13,15)(H,16,17). The number of hydrogen-bond acceptors (Lipinski definition) is 4. The molecule has 1 aromatic heterocycles. The molecule has 2 rings (SSSR count). The highest BCUT2D eigenvalue weighted by atomic mass is 32.2. The maximum absolute atomic E-state index is 11.8. The van der Waals surface area contributed by atoms with Gasteiger partial charge >= 0.3 is 5.97 Å². The normalized spacial score (nSPS) is 18.6. The third-order valence-electron chi connectivity index (χ3n) is 2.72. The molecule has 2 heterocycles. The molecular weight excluding hydrogens is 252 g/mol. The average molecular weight is 266 g/mol. The van der Waals surface area contributed by atoms with E-state index in [0.29, 0.717) is 11.8 Å². The molecule has 1 aliphatic rings. The van der Waals surface area contributed by atoms with E-state index in [2.05, 4.69) is 10.3 Å². The van der Waals surface area contributed by atoms with Gasteiger partial charge in [-0.25, -0.2) is 9.78 Å². The van der Waals surface area contributed by atoms with Crippen molar-refractivity contribution in [1.29, 1.82) is 0 Å². The fourth-order valence-electron chi connectivity index (χ4n) is 1.78. The summed E-state index contributed by atoms with van der Waals surface area (Å²) >= 11 is 1.86. The number of pyridine rings is 1. The van der Waals surface area contributed by atoms with Crippen LogP contribution in [0.1, 0.15) is 33.8 Å². The molecule has 0 aliphatic carbocycles. The Morgan fingerprint density at radius 3 is 2.89 bits per heavy atom. The highest BCUT2D eigenvalue weighted by molar-refractivity contribution is 8.00. The molecule has 2 N–H and O–H groups in total. The van der Waals surface area contributed by atoms with Gasteiger partial charge in [-0.3, -0.25) is 4.79 Å². The van der Waals surface area contributed by atoms with Gasteiger partial charge in [-0.2, -0.15) is 11.8 Å². The topological polar surface area (TPSA) is 79.3 Å². The number of aromatic carboxylic acids is 1. The lowest BCUT2D eigenvalue weighted by Gasteiger charge is -2.09. The third-order valence-corrected chi connectivity index (χ3v) is 4.11. The van der Waals surface area contributed by atoms with Gasteiger partial charge in [0.15, 0.2) is 0 Å². The number of carboxylic acids is 1. The highest BCUT2D eigenvalue weighted by Gasteiger charge is 2.17. The molecule has 5 nitrogen and oxygen atoms in total. The molecule has 0 radical (unpaired) electrons. The summed E-state index contributed by atoms with van der Waals surface area (Å²) in [6.45, 7) is 0.614. The molecule has 0 saturated carbocycles. The van der Waals surface area contributed by atoms with Crippen LogP contribution >= 0.6 is 11.8 Å². The van der Waals surface area contributed by atoms with E-state index in [1.165, 1.54) is 24.6 Å². The first-order chi connectivity index (χ1) is 8.66. The summed E-state index contributed by atoms with van der Waals surface area (Å²) in [4.78, 5) is 26.3. The van der Waals surface area contributed by atoms with Crippen LogP contribution in [0.3, 0.4) is 0 Å². The molecular formula is C12H14N2O3S.